The highest BCUT2D eigenvalue weighted by Gasteiger charge is 2.23. The van der Waals surface area contributed by atoms with Crippen LogP contribution in [0.4, 0.5) is 0 Å². The van der Waals surface area contributed by atoms with Crippen molar-refractivity contribution in [2.75, 3.05) is 39.3 Å². The molecule has 0 aromatic carbocycles. The quantitative estimate of drug-likeness (QED) is 0.772. The molecule has 20 heavy (non-hydrogen) atoms. The molecule has 2 saturated heterocycles. The van der Waals surface area contributed by atoms with E-state index in [0.29, 0.717) is 6.54 Å². The minimum Gasteiger partial charge on any atom is -0.481 e. The summed E-state index contributed by atoms with van der Waals surface area (Å²) >= 11 is 0. The van der Waals surface area contributed by atoms with Crippen LogP contribution in [0.15, 0.2) is 0 Å². The number of hydrogen-bond acceptors (Lipinski definition) is 4. The lowest BCUT2D eigenvalue weighted by atomic mass is 10.1. The van der Waals surface area contributed by atoms with Gasteiger partial charge in [0, 0.05) is 26.2 Å². The Bertz CT molecular complexity index is 342. The second-order valence-electron chi connectivity index (χ2n) is 5.61. The van der Waals surface area contributed by atoms with E-state index in [9.17, 15) is 9.59 Å². The highest BCUT2D eigenvalue weighted by atomic mass is 16.5. The van der Waals surface area contributed by atoms with Gasteiger partial charge in [0.25, 0.3) is 0 Å². The maximum absolute atomic E-state index is 11.9. The summed E-state index contributed by atoms with van der Waals surface area (Å²) in [5, 5.41) is 8.70. The summed E-state index contributed by atoms with van der Waals surface area (Å²) in [7, 11) is 0. The normalized spacial score (nSPS) is 24.0. The second kappa shape index (κ2) is 7.59. The summed E-state index contributed by atoms with van der Waals surface area (Å²) in [4.78, 5) is 26.5. The van der Waals surface area contributed by atoms with Crippen LogP contribution in [0.3, 0.4) is 0 Å². The smallest absolute Gasteiger partial charge is 0.304 e. The number of hydrogen-bond donors (Lipinski definition) is 1. The van der Waals surface area contributed by atoms with E-state index in [0.717, 1.165) is 51.9 Å². The van der Waals surface area contributed by atoms with E-state index >= 15 is 0 Å². The summed E-state index contributed by atoms with van der Waals surface area (Å²) in [5.74, 6) is -0.678. The Labute approximate surface area is 119 Å². The van der Waals surface area contributed by atoms with Gasteiger partial charge in [0.15, 0.2) is 0 Å². The predicted octanol–water partition coefficient (Wildman–Crippen LogP) is 0.564. The van der Waals surface area contributed by atoms with E-state index in [-0.39, 0.29) is 25.0 Å². The lowest BCUT2D eigenvalue weighted by Gasteiger charge is -2.32. The molecular weight excluding hydrogens is 260 g/mol. The van der Waals surface area contributed by atoms with Crippen molar-refractivity contribution in [1.82, 2.24) is 9.80 Å². The van der Waals surface area contributed by atoms with Gasteiger partial charge in [0.1, 0.15) is 6.61 Å². The van der Waals surface area contributed by atoms with E-state index < -0.39 is 5.97 Å². The number of carbonyl (C=O) groups excluding carboxylic acids is 1. The highest BCUT2D eigenvalue weighted by molar-refractivity contribution is 5.77. The van der Waals surface area contributed by atoms with E-state index in [1.54, 1.807) is 0 Å². The lowest BCUT2D eigenvalue weighted by Crippen LogP contribution is -2.42. The molecule has 2 aliphatic heterocycles. The van der Waals surface area contributed by atoms with Crippen molar-refractivity contribution < 1.29 is 19.4 Å². The van der Waals surface area contributed by atoms with Crippen LogP contribution in [0.25, 0.3) is 0 Å². The van der Waals surface area contributed by atoms with Crippen LogP contribution in [-0.4, -0.2) is 72.2 Å². The van der Waals surface area contributed by atoms with Gasteiger partial charge >= 0.3 is 5.97 Å². The van der Waals surface area contributed by atoms with Gasteiger partial charge in [-0.2, -0.15) is 0 Å². The van der Waals surface area contributed by atoms with Gasteiger partial charge < -0.3 is 19.6 Å². The largest absolute Gasteiger partial charge is 0.481 e. The van der Waals surface area contributed by atoms with E-state index in [1.165, 1.54) is 0 Å². The number of ether oxygens (including phenoxy) is 1. The lowest BCUT2D eigenvalue weighted by molar-refractivity contribution is -0.138. The third-order valence-corrected chi connectivity index (χ3v) is 4.01. The Hall–Kier alpha value is -1.14. The van der Waals surface area contributed by atoms with Crippen LogP contribution >= 0.6 is 0 Å². The monoisotopic (exact) mass is 284 g/mol. The zero-order valence-electron chi connectivity index (χ0n) is 11.9. The van der Waals surface area contributed by atoms with Crippen LogP contribution < -0.4 is 0 Å². The fourth-order valence-corrected chi connectivity index (χ4v) is 2.85. The van der Waals surface area contributed by atoms with Crippen LogP contribution in [0, 0.1) is 0 Å². The first-order chi connectivity index (χ1) is 9.65. The summed E-state index contributed by atoms with van der Waals surface area (Å²) in [6, 6.07) is 0. The molecular formula is C14H24N2O4. The van der Waals surface area contributed by atoms with Crippen molar-refractivity contribution in [2.45, 2.75) is 38.2 Å². The third kappa shape index (κ3) is 4.76. The molecule has 1 amide bonds. The molecule has 6 nitrogen and oxygen atoms in total. The molecule has 2 fully saturated rings. The first-order valence-electron chi connectivity index (χ1n) is 7.48. The van der Waals surface area contributed by atoms with Gasteiger partial charge in [-0.1, -0.05) is 0 Å². The Kier molecular flexibility index (Phi) is 5.79. The van der Waals surface area contributed by atoms with Gasteiger partial charge in [-0.05, 0) is 32.2 Å². The SMILES string of the molecule is O=C(O)CCN1CCCC(OCC(=O)N2CCCC2)C1. The third-order valence-electron chi connectivity index (χ3n) is 4.01. The zero-order chi connectivity index (χ0) is 14.4. The van der Waals surface area contributed by atoms with Crippen LogP contribution in [0.1, 0.15) is 32.1 Å². The molecule has 114 valence electrons. The molecule has 2 rings (SSSR count). The van der Waals surface area contributed by atoms with Gasteiger partial charge in [-0.25, -0.2) is 0 Å². The molecule has 6 heteroatoms. The van der Waals surface area contributed by atoms with E-state index in [1.807, 2.05) is 4.90 Å². The maximum atomic E-state index is 11.9. The van der Waals surface area contributed by atoms with Crippen molar-refractivity contribution in [3.8, 4) is 0 Å². The Morgan fingerprint density at radius 1 is 1.15 bits per heavy atom. The van der Waals surface area contributed by atoms with Crippen molar-refractivity contribution >= 4 is 11.9 Å². The molecule has 0 bridgehead atoms. The van der Waals surface area contributed by atoms with Gasteiger partial charge in [0.2, 0.25) is 5.91 Å². The van der Waals surface area contributed by atoms with Crippen LogP contribution in [0.2, 0.25) is 0 Å². The number of piperidine rings is 1. The summed E-state index contributed by atoms with van der Waals surface area (Å²) in [6.07, 6.45) is 4.37. The Morgan fingerprint density at radius 2 is 1.90 bits per heavy atom. The standard InChI is InChI=1S/C14H24N2O4/c17-13(16-7-1-2-8-16)11-20-12-4-3-6-15(10-12)9-5-14(18)19/h12H,1-11H2,(H,18,19). The highest BCUT2D eigenvalue weighted by Crippen LogP contribution is 2.14. The molecule has 0 aromatic heterocycles. The molecule has 0 aromatic rings. The minimum absolute atomic E-state index is 0.0593. The van der Waals surface area contributed by atoms with E-state index in [4.69, 9.17) is 9.84 Å². The summed E-state index contributed by atoms with van der Waals surface area (Å²) in [6.45, 7) is 4.11. The molecule has 1 atom stereocenters. The first-order valence-corrected chi connectivity index (χ1v) is 7.48. The number of nitrogens with zero attached hydrogens (tertiary/aromatic N) is 2. The topological polar surface area (TPSA) is 70.1 Å². The number of carboxylic acid groups (broad SMARTS) is 1. The summed E-state index contributed by atoms with van der Waals surface area (Å²) < 4.78 is 5.71. The maximum Gasteiger partial charge on any atom is 0.304 e. The number of rotatable bonds is 6. The molecule has 2 heterocycles. The fourth-order valence-electron chi connectivity index (χ4n) is 2.85. The number of aliphatic carboxylic acids is 1. The fraction of sp³-hybridized carbons (Fsp3) is 0.857. The van der Waals surface area contributed by atoms with Crippen molar-refractivity contribution in [3.63, 3.8) is 0 Å². The Morgan fingerprint density at radius 3 is 2.60 bits per heavy atom. The van der Waals surface area contributed by atoms with Gasteiger partial charge in [0.05, 0.1) is 12.5 Å². The predicted molar refractivity (Wildman–Crippen MR) is 73.5 cm³/mol. The van der Waals surface area contributed by atoms with Crippen molar-refractivity contribution in [3.05, 3.63) is 0 Å². The number of amides is 1. The van der Waals surface area contributed by atoms with Crippen molar-refractivity contribution in [2.24, 2.45) is 0 Å². The van der Waals surface area contributed by atoms with Gasteiger partial charge in [-0.15, -0.1) is 0 Å². The van der Waals surface area contributed by atoms with Crippen LogP contribution in [0.5, 0.6) is 0 Å². The first kappa shape index (κ1) is 15.3. The minimum atomic E-state index is -0.766. The molecule has 0 radical (unpaired) electrons. The number of carboxylic acids is 1. The molecule has 1 N–H and O–H groups in total. The molecule has 2 aliphatic rings. The van der Waals surface area contributed by atoms with Crippen molar-refractivity contribution in [1.29, 1.82) is 0 Å². The molecule has 1 unspecified atom stereocenters. The number of likely N-dealkylation sites (tertiary alicyclic amines) is 2. The molecule has 0 aliphatic carbocycles. The Balaban J connectivity index is 1.67. The zero-order valence-corrected chi connectivity index (χ0v) is 11.9. The van der Waals surface area contributed by atoms with E-state index in [2.05, 4.69) is 4.90 Å². The average Bonchev–Trinajstić information content (AvgIpc) is 2.97. The molecule has 0 saturated carbocycles. The average molecular weight is 284 g/mol. The molecule has 0 spiro atoms. The summed E-state index contributed by atoms with van der Waals surface area (Å²) in [5.41, 5.74) is 0. The second-order valence-corrected chi connectivity index (χ2v) is 5.61. The van der Waals surface area contributed by atoms with Crippen LogP contribution in [-0.2, 0) is 14.3 Å². The number of carbonyl (C=O) groups is 2. The van der Waals surface area contributed by atoms with Gasteiger partial charge in [-0.3, -0.25) is 9.59 Å².